The lowest BCUT2D eigenvalue weighted by Crippen LogP contribution is -2.21. The molecule has 0 aliphatic heterocycles. The largest absolute Gasteiger partial charge is 0.298 e. The van der Waals surface area contributed by atoms with Crippen molar-refractivity contribution < 1.29 is 4.79 Å². The molecule has 1 aromatic heterocycles. The van der Waals surface area contributed by atoms with E-state index < -0.39 is 0 Å². The van der Waals surface area contributed by atoms with E-state index in [2.05, 4.69) is 15.9 Å². The average molecular weight is 292 g/mol. The van der Waals surface area contributed by atoms with Crippen molar-refractivity contribution in [2.75, 3.05) is 0 Å². The molecule has 2 rings (SSSR count). The Bertz CT molecular complexity index is 614. The second kappa shape index (κ2) is 4.67. The van der Waals surface area contributed by atoms with Gasteiger partial charge in [-0.25, -0.2) is 0 Å². The molecule has 0 amide bonds. The first-order chi connectivity index (χ1) is 8.13. The van der Waals surface area contributed by atoms with Gasteiger partial charge in [0.15, 0.2) is 6.29 Å². The van der Waals surface area contributed by atoms with Gasteiger partial charge >= 0.3 is 0 Å². The number of hydrogen-bond donors (Lipinski definition) is 0. The molecular weight excluding hydrogens is 282 g/mol. The molecule has 17 heavy (non-hydrogen) atoms. The molecule has 0 fully saturated rings. The number of hydrogen-bond acceptors (Lipinski definition) is 2. The predicted octanol–water partition coefficient (Wildman–Crippen LogP) is 2.72. The van der Waals surface area contributed by atoms with Crippen LogP contribution in [-0.2, 0) is 0 Å². The lowest BCUT2D eigenvalue weighted by molar-refractivity contribution is 0.112. The van der Waals surface area contributed by atoms with E-state index in [1.807, 2.05) is 31.2 Å². The highest BCUT2D eigenvalue weighted by Crippen LogP contribution is 2.13. The van der Waals surface area contributed by atoms with E-state index in [1.165, 1.54) is 4.57 Å². The van der Waals surface area contributed by atoms with Crippen molar-refractivity contribution in [3.8, 4) is 5.69 Å². The van der Waals surface area contributed by atoms with Crippen LogP contribution in [0.1, 0.15) is 15.9 Å². The smallest absolute Gasteiger partial charge is 0.266 e. The summed E-state index contributed by atoms with van der Waals surface area (Å²) in [5.74, 6) is 0. The Kier molecular flexibility index (Phi) is 3.24. The summed E-state index contributed by atoms with van der Waals surface area (Å²) >= 11 is 3.18. The van der Waals surface area contributed by atoms with E-state index in [0.717, 1.165) is 11.3 Å². The molecule has 0 aliphatic rings. The Hall–Kier alpha value is -1.68. The first-order valence-electron chi connectivity index (χ1n) is 5.07. The minimum atomic E-state index is -0.321. The molecule has 0 spiro atoms. The summed E-state index contributed by atoms with van der Waals surface area (Å²) in [7, 11) is 0. The van der Waals surface area contributed by atoms with Gasteiger partial charge < -0.3 is 0 Å². The highest BCUT2D eigenvalue weighted by atomic mass is 79.9. The van der Waals surface area contributed by atoms with Crippen LogP contribution in [0.2, 0.25) is 0 Å². The number of halogens is 1. The van der Waals surface area contributed by atoms with Gasteiger partial charge in [0.25, 0.3) is 5.56 Å². The van der Waals surface area contributed by atoms with E-state index in [9.17, 15) is 9.59 Å². The maximum Gasteiger partial charge on any atom is 0.266 e. The van der Waals surface area contributed by atoms with Crippen LogP contribution in [0.5, 0.6) is 0 Å². The standard InChI is InChI=1S/C13H10BrNO2/c1-9-2-4-10(5-3-9)15-7-6-12(14)11(8-16)13(15)17/h2-8H,1H3. The van der Waals surface area contributed by atoms with Crippen LogP contribution in [0.3, 0.4) is 0 Å². The van der Waals surface area contributed by atoms with Gasteiger partial charge in [-0.1, -0.05) is 17.7 Å². The van der Waals surface area contributed by atoms with Gasteiger partial charge in [-0.3, -0.25) is 14.2 Å². The van der Waals surface area contributed by atoms with Crippen molar-refractivity contribution in [3.63, 3.8) is 0 Å². The van der Waals surface area contributed by atoms with E-state index in [0.29, 0.717) is 10.8 Å². The molecule has 0 N–H and O–H groups in total. The fourth-order valence-electron chi connectivity index (χ4n) is 1.54. The molecular formula is C13H10BrNO2. The molecule has 0 atom stereocenters. The number of aryl methyl sites for hydroxylation is 1. The zero-order valence-corrected chi connectivity index (χ0v) is 10.8. The van der Waals surface area contributed by atoms with Crippen molar-refractivity contribution in [1.82, 2.24) is 4.57 Å². The van der Waals surface area contributed by atoms with Gasteiger partial charge in [-0.05, 0) is 41.1 Å². The van der Waals surface area contributed by atoms with Crippen molar-refractivity contribution in [3.05, 3.63) is 62.5 Å². The number of nitrogens with zero attached hydrogens (tertiary/aromatic N) is 1. The molecule has 3 nitrogen and oxygen atoms in total. The minimum absolute atomic E-state index is 0.132. The topological polar surface area (TPSA) is 39.1 Å². The molecule has 0 saturated heterocycles. The van der Waals surface area contributed by atoms with Crippen LogP contribution < -0.4 is 5.56 Å². The first kappa shape index (κ1) is 11.8. The maximum absolute atomic E-state index is 12.0. The van der Waals surface area contributed by atoms with Crippen molar-refractivity contribution in [2.45, 2.75) is 6.92 Å². The van der Waals surface area contributed by atoms with Crippen LogP contribution in [0.4, 0.5) is 0 Å². The second-order valence-electron chi connectivity index (χ2n) is 3.71. The van der Waals surface area contributed by atoms with Crippen LogP contribution in [-0.4, -0.2) is 10.9 Å². The number of carbonyl (C=O) groups is 1. The monoisotopic (exact) mass is 291 g/mol. The third-order valence-corrected chi connectivity index (χ3v) is 3.20. The fraction of sp³-hybridized carbons (Fsp3) is 0.0769. The Labute approximate surface area is 107 Å². The zero-order chi connectivity index (χ0) is 12.4. The van der Waals surface area contributed by atoms with Gasteiger partial charge in [-0.2, -0.15) is 0 Å². The summed E-state index contributed by atoms with van der Waals surface area (Å²) in [4.78, 5) is 22.9. The fourth-order valence-corrected chi connectivity index (χ4v) is 1.93. The SMILES string of the molecule is Cc1ccc(-n2ccc(Br)c(C=O)c2=O)cc1. The van der Waals surface area contributed by atoms with Gasteiger partial charge in [-0.15, -0.1) is 0 Å². The Morgan fingerprint density at radius 3 is 2.41 bits per heavy atom. The normalized spacial score (nSPS) is 10.2. The average Bonchev–Trinajstić information content (AvgIpc) is 2.31. The Morgan fingerprint density at radius 1 is 1.18 bits per heavy atom. The van der Waals surface area contributed by atoms with Crippen molar-refractivity contribution in [1.29, 1.82) is 0 Å². The molecule has 2 aromatic rings. The summed E-state index contributed by atoms with van der Waals surface area (Å²) in [6, 6.07) is 9.22. The lowest BCUT2D eigenvalue weighted by atomic mass is 10.2. The van der Waals surface area contributed by atoms with Gasteiger partial charge in [0, 0.05) is 16.4 Å². The van der Waals surface area contributed by atoms with Crippen LogP contribution in [0.15, 0.2) is 45.8 Å². The first-order valence-corrected chi connectivity index (χ1v) is 5.86. The number of benzene rings is 1. The van der Waals surface area contributed by atoms with Gasteiger partial charge in [0.1, 0.15) is 0 Å². The number of rotatable bonds is 2. The van der Waals surface area contributed by atoms with Crippen molar-refractivity contribution >= 4 is 22.2 Å². The maximum atomic E-state index is 12.0. The summed E-state index contributed by atoms with van der Waals surface area (Å²) in [6.07, 6.45) is 2.21. The number of aldehydes is 1. The summed E-state index contributed by atoms with van der Waals surface area (Å²) in [6.45, 7) is 1.98. The minimum Gasteiger partial charge on any atom is -0.298 e. The number of pyridine rings is 1. The van der Waals surface area contributed by atoms with Crippen LogP contribution in [0, 0.1) is 6.92 Å². The van der Waals surface area contributed by atoms with Crippen molar-refractivity contribution in [2.24, 2.45) is 0 Å². The highest BCUT2D eigenvalue weighted by Gasteiger charge is 2.08. The molecule has 1 aromatic carbocycles. The lowest BCUT2D eigenvalue weighted by Gasteiger charge is -2.07. The molecule has 0 bridgehead atoms. The summed E-state index contributed by atoms with van der Waals surface area (Å²) < 4.78 is 1.97. The zero-order valence-electron chi connectivity index (χ0n) is 9.18. The van der Waals surface area contributed by atoms with E-state index in [4.69, 9.17) is 0 Å². The number of carbonyl (C=O) groups excluding carboxylic acids is 1. The van der Waals surface area contributed by atoms with E-state index in [-0.39, 0.29) is 11.1 Å². The third-order valence-electron chi connectivity index (χ3n) is 2.51. The van der Waals surface area contributed by atoms with Crippen LogP contribution in [0.25, 0.3) is 5.69 Å². The van der Waals surface area contributed by atoms with Crippen LogP contribution >= 0.6 is 15.9 Å². The molecule has 0 saturated carbocycles. The summed E-state index contributed by atoms with van der Waals surface area (Å²) in [5, 5.41) is 0. The predicted molar refractivity (Wildman–Crippen MR) is 69.9 cm³/mol. The highest BCUT2D eigenvalue weighted by molar-refractivity contribution is 9.10. The Morgan fingerprint density at radius 2 is 1.82 bits per heavy atom. The quantitative estimate of drug-likeness (QED) is 0.798. The van der Waals surface area contributed by atoms with Gasteiger partial charge in [0.05, 0.1) is 5.56 Å². The molecule has 0 aliphatic carbocycles. The van der Waals surface area contributed by atoms with Gasteiger partial charge in [0.2, 0.25) is 0 Å². The molecule has 0 unspecified atom stereocenters. The molecule has 0 radical (unpaired) electrons. The molecule has 1 heterocycles. The second-order valence-corrected chi connectivity index (χ2v) is 4.56. The Balaban J connectivity index is 2.65. The summed E-state index contributed by atoms with van der Waals surface area (Å²) in [5.41, 5.74) is 1.68. The van der Waals surface area contributed by atoms with E-state index >= 15 is 0 Å². The number of aromatic nitrogens is 1. The third kappa shape index (κ3) is 2.22. The molecule has 86 valence electrons. The van der Waals surface area contributed by atoms with E-state index in [1.54, 1.807) is 12.3 Å². The molecule has 4 heteroatoms.